The minimum absolute atomic E-state index is 0.196. The summed E-state index contributed by atoms with van der Waals surface area (Å²) in [4.78, 5) is 19.9. The van der Waals surface area contributed by atoms with Gasteiger partial charge in [-0.1, -0.05) is 20.1 Å². The van der Waals surface area contributed by atoms with E-state index >= 15 is 0 Å². The first-order valence-corrected chi connectivity index (χ1v) is 11.0. The fraction of sp³-hybridized carbons (Fsp3) is 0.316. The molecule has 2 rings (SSSR count). The Hall–Kier alpha value is -1.39. The molecular formula is C19H25O4PS. The number of aryl methyl sites for hydroxylation is 2. The third kappa shape index (κ3) is 5.55. The second kappa shape index (κ2) is 7.88. The van der Waals surface area contributed by atoms with Crippen molar-refractivity contribution in [2.24, 2.45) is 0 Å². The largest absolute Gasteiger partial charge is 0.508 e. The van der Waals surface area contributed by atoms with Gasteiger partial charge in [-0.15, -0.1) is 11.8 Å². The highest BCUT2D eigenvalue weighted by molar-refractivity contribution is 8.05. The van der Waals surface area contributed by atoms with Crippen LogP contribution in [0, 0.1) is 13.8 Å². The smallest absolute Gasteiger partial charge is 0.133 e. The molecule has 0 spiro atoms. The van der Waals surface area contributed by atoms with Crippen molar-refractivity contribution >= 4 is 25.4 Å². The third-order valence-electron chi connectivity index (χ3n) is 3.71. The number of ether oxygens (including phenoxy) is 1. The van der Waals surface area contributed by atoms with Crippen molar-refractivity contribution in [2.45, 2.75) is 38.5 Å². The second-order valence-electron chi connectivity index (χ2n) is 6.52. The molecule has 0 unspecified atom stereocenters. The quantitative estimate of drug-likeness (QED) is 0.472. The minimum atomic E-state index is -3.04. The molecule has 0 aromatic heterocycles. The van der Waals surface area contributed by atoms with Gasteiger partial charge in [-0.25, -0.2) is 0 Å². The Bertz CT molecular complexity index is 788. The van der Waals surface area contributed by atoms with Crippen molar-refractivity contribution in [3.05, 3.63) is 47.0 Å². The van der Waals surface area contributed by atoms with Crippen LogP contribution in [0.5, 0.6) is 17.2 Å². The summed E-state index contributed by atoms with van der Waals surface area (Å²) in [7, 11) is -3.04. The van der Waals surface area contributed by atoms with Gasteiger partial charge in [-0.3, -0.25) is 0 Å². The summed E-state index contributed by atoms with van der Waals surface area (Å²) in [5.74, 6) is 1.93. The highest BCUT2D eigenvalue weighted by atomic mass is 32.2. The van der Waals surface area contributed by atoms with Crippen LogP contribution in [-0.2, 0) is 0 Å². The van der Waals surface area contributed by atoms with Crippen molar-refractivity contribution in [2.75, 3.05) is 5.49 Å². The lowest BCUT2D eigenvalue weighted by Crippen LogP contribution is -1.95. The standard InChI is InChI=1S/C19H25O4PS/c1-12(2)17-10-15(6-7-18(17)20)23-19-13(3)8-16(9-14(19)4)25-11-24(5,21)22/h6-10,12,20-22H,5,11H2,1-4H3. The zero-order chi connectivity index (χ0) is 18.8. The van der Waals surface area contributed by atoms with Crippen molar-refractivity contribution < 1.29 is 19.6 Å². The van der Waals surface area contributed by atoms with E-state index in [-0.39, 0.29) is 17.2 Å². The van der Waals surface area contributed by atoms with Gasteiger partial charge in [0.2, 0.25) is 0 Å². The predicted molar refractivity (Wildman–Crippen MR) is 107 cm³/mol. The zero-order valence-electron chi connectivity index (χ0n) is 15.0. The summed E-state index contributed by atoms with van der Waals surface area (Å²) in [6.45, 7) is 7.96. The number of hydrogen-bond acceptors (Lipinski definition) is 5. The Morgan fingerprint density at radius 3 is 2.24 bits per heavy atom. The van der Waals surface area contributed by atoms with Gasteiger partial charge in [-0.2, -0.15) is 0 Å². The average molecular weight is 380 g/mol. The Kier molecular flexibility index (Phi) is 6.28. The molecule has 0 aliphatic rings. The van der Waals surface area contributed by atoms with Crippen molar-refractivity contribution in [1.82, 2.24) is 0 Å². The van der Waals surface area contributed by atoms with Crippen LogP contribution >= 0.6 is 19.1 Å². The lowest BCUT2D eigenvalue weighted by atomic mass is 10.0. The Morgan fingerprint density at radius 1 is 1.12 bits per heavy atom. The number of thioether (sulfide) groups is 1. The van der Waals surface area contributed by atoms with E-state index in [1.807, 2.05) is 45.9 Å². The molecule has 0 heterocycles. The summed E-state index contributed by atoms with van der Waals surface area (Å²) in [6, 6.07) is 9.20. The molecular weight excluding hydrogens is 355 g/mol. The molecule has 0 bridgehead atoms. The Labute approximate surface area is 153 Å². The monoisotopic (exact) mass is 380 g/mol. The van der Waals surface area contributed by atoms with Gasteiger partial charge in [0, 0.05) is 10.5 Å². The summed E-state index contributed by atoms with van der Waals surface area (Å²) in [5.41, 5.74) is 2.97. The summed E-state index contributed by atoms with van der Waals surface area (Å²) < 4.78 is 6.06. The number of benzene rings is 2. The number of rotatable bonds is 6. The summed E-state index contributed by atoms with van der Waals surface area (Å²) in [6.07, 6.45) is 3.39. The van der Waals surface area contributed by atoms with Crippen LogP contribution < -0.4 is 4.74 Å². The first-order valence-electron chi connectivity index (χ1n) is 7.99. The van der Waals surface area contributed by atoms with Gasteiger partial charge in [0.05, 0.1) is 5.49 Å². The van der Waals surface area contributed by atoms with E-state index in [9.17, 15) is 14.9 Å². The van der Waals surface area contributed by atoms with Gasteiger partial charge in [0.25, 0.3) is 0 Å². The molecule has 136 valence electrons. The van der Waals surface area contributed by atoms with E-state index in [4.69, 9.17) is 4.74 Å². The molecule has 0 fully saturated rings. The molecule has 0 radical (unpaired) electrons. The minimum Gasteiger partial charge on any atom is -0.508 e. The maximum Gasteiger partial charge on any atom is 0.133 e. The first kappa shape index (κ1) is 19.9. The SMILES string of the molecule is C=P(O)(O)CSc1cc(C)c(Oc2ccc(O)c(C(C)C)c2)c(C)c1. The van der Waals surface area contributed by atoms with E-state index in [0.717, 1.165) is 27.3 Å². The van der Waals surface area contributed by atoms with Crippen LogP contribution in [0.25, 0.3) is 0 Å². The number of phenolic OH excluding ortho intramolecular Hbond substituents is 1. The average Bonchev–Trinajstić information content (AvgIpc) is 2.49. The molecule has 0 saturated heterocycles. The number of aromatic hydroxyl groups is 1. The van der Waals surface area contributed by atoms with Crippen molar-refractivity contribution in [3.8, 4) is 17.2 Å². The molecule has 2 aromatic carbocycles. The lowest BCUT2D eigenvalue weighted by Gasteiger charge is -2.16. The molecule has 0 atom stereocenters. The van der Waals surface area contributed by atoms with Crippen LogP contribution in [0.4, 0.5) is 0 Å². The van der Waals surface area contributed by atoms with E-state index in [0.29, 0.717) is 5.75 Å². The summed E-state index contributed by atoms with van der Waals surface area (Å²) in [5, 5.41) is 9.94. The number of phenols is 1. The van der Waals surface area contributed by atoms with E-state index < -0.39 is 7.34 Å². The van der Waals surface area contributed by atoms with Crippen molar-refractivity contribution in [1.29, 1.82) is 0 Å². The van der Waals surface area contributed by atoms with Crippen LogP contribution in [0.2, 0.25) is 0 Å². The maximum atomic E-state index is 9.94. The topological polar surface area (TPSA) is 69.9 Å². The van der Waals surface area contributed by atoms with Crippen LogP contribution in [-0.4, -0.2) is 26.7 Å². The van der Waals surface area contributed by atoms with Gasteiger partial charge < -0.3 is 19.6 Å². The Balaban J connectivity index is 2.26. The normalized spacial score (nSPS) is 11.8. The predicted octanol–water partition coefficient (Wildman–Crippen LogP) is 5.24. The first-order chi connectivity index (χ1) is 11.6. The molecule has 4 nitrogen and oxygen atoms in total. The van der Waals surface area contributed by atoms with Crippen LogP contribution in [0.15, 0.2) is 35.2 Å². The molecule has 0 amide bonds. The van der Waals surface area contributed by atoms with Gasteiger partial charge in [0.15, 0.2) is 0 Å². The lowest BCUT2D eigenvalue weighted by molar-refractivity contribution is 0.452. The molecule has 3 N–H and O–H groups in total. The van der Waals surface area contributed by atoms with Crippen LogP contribution in [0.3, 0.4) is 0 Å². The number of hydrogen-bond donors (Lipinski definition) is 3. The highest BCUT2D eigenvalue weighted by Gasteiger charge is 2.13. The van der Waals surface area contributed by atoms with Crippen LogP contribution in [0.1, 0.15) is 36.5 Å². The summed E-state index contributed by atoms with van der Waals surface area (Å²) >= 11 is 1.38. The van der Waals surface area contributed by atoms with Gasteiger partial charge >= 0.3 is 0 Å². The Morgan fingerprint density at radius 2 is 1.72 bits per heavy atom. The van der Waals surface area contributed by atoms with E-state index in [2.05, 4.69) is 6.30 Å². The second-order valence-corrected chi connectivity index (χ2v) is 10.1. The molecule has 6 heteroatoms. The molecule has 25 heavy (non-hydrogen) atoms. The zero-order valence-corrected chi connectivity index (χ0v) is 16.7. The van der Waals surface area contributed by atoms with Gasteiger partial charge in [0.1, 0.15) is 24.6 Å². The fourth-order valence-corrected chi connectivity index (χ4v) is 4.45. The van der Waals surface area contributed by atoms with Gasteiger partial charge in [-0.05, 0) is 61.2 Å². The highest BCUT2D eigenvalue weighted by Crippen LogP contribution is 2.42. The molecule has 2 aromatic rings. The molecule has 0 aliphatic carbocycles. The molecule has 0 aliphatic heterocycles. The van der Waals surface area contributed by atoms with E-state index in [1.54, 1.807) is 12.1 Å². The van der Waals surface area contributed by atoms with Crippen molar-refractivity contribution in [3.63, 3.8) is 0 Å². The van der Waals surface area contributed by atoms with E-state index in [1.165, 1.54) is 11.8 Å². The fourth-order valence-electron chi connectivity index (χ4n) is 2.51. The molecule has 0 saturated carbocycles. The third-order valence-corrected chi connectivity index (χ3v) is 6.45. The maximum absolute atomic E-state index is 9.94.